The molecule has 0 bridgehead atoms. The van der Waals surface area contributed by atoms with Gasteiger partial charge in [0.05, 0.1) is 5.69 Å². The molecule has 2 aromatic heterocycles. The number of rotatable bonds is 1. The van der Waals surface area contributed by atoms with Crippen LogP contribution in [0, 0.1) is 19.2 Å². The summed E-state index contributed by atoms with van der Waals surface area (Å²) >= 11 is 0. The first kappa shape index (κ1) is 6.00. The van der Waals surface area contributed by atoms with Gasteiger partial charge < -0.3 is 9.32 Å². The molecule has 0 radical (unpaired) electrons. The van der Waals surface area contributed by atoms with Crippen LogP contribution >= 0.6 is 0 Å². The number of furan rings is 1. The third-order valence-corrected chi connectivity index (χ3v) is 4.68. The summed E-state index contributed by atoms with van der Waals surface area (Å²) in [6.45, 7) is -15.3. The normalized spacial score (nSPS) is 36.8. The molecule has 0 saturated carbocycles. The van der Waals surface area contributed by atoms with Crippen LogP contribution in [-0.2, 0) is 0 Å². The van der Waals surface area contributed by atoms with Gasteiger partial charge in [0, 0.05) is 51.4 Å². The number of aromatic nitrogens is 1. The van der Waals surface area contributed by atoms with E-state index in [0.717, 1.165) is 6.92 Å². The zero-order valence-corrected chi connectivity index (χ0v) is 13.7. The number of hydrogen-bond acceptors (Lipinski definition) is 3. The smallest absolute Gasteiger partial charge is 0.227 e. The predicted octanol–water partition coefficient (Wildman–Crippen LogP) is 6.00. The fourth-order valence-corrected chi connectivity index (χ4v) is 3.40. The molecule has 1 saturated heterocycles. The largest absolute Gasteiger partial charge is 0.436 e. The van der Waals surface area contributed by atoms with Crippen molar-refractivity contribution in [3.63, 3.8) is 0 Å². The molecule has 4 rings (SSSR count). The number of fused-ring (bicyclic) bond motifs is 3. The molecule has 1 aliphatic rings. The van der Waals surface area contributed by atoms with Crippen LogP contribution in [-0.4, -0.2) is 16.6 Å². The molecule has 0 N–H and O–H groups in total. The molecule has 3 heteroatoms. The second-order valence-electron chi connectivity index (χ2n) is 6.45. The first-order chi connectivity index (χ1) is 18.6. The van der Waals surface area contributed by atoms with Crippen molar-refractivity contribution in [1.82, 2.24) is 4.98 Å². The highest BCUT2D eigenvalue weighted by Crippen LogP contribution is 2.51. The van der Waals surface area contributed by atoms with E-state index in [4.69, 9.17) is 27.7 Å². The number of pyridine rings is 1. The van der Waals surface area contributed by atoms with Crippen molar-refractivity contribution in [2.24, 2.45) is 5.41 Å². The Bertz CT molecular complexity index is 1510. The first-order valence-corrected chi connectivity index (χ1v) is 7.75. The van der Waals surface area contributed by atoms with Crippen molar-refractivity contribution >= 4 is 27.8 Å². The van der Waals surface area contributed by atoms with Crippen molar-refractivity contribution in [3.8, 4) is 0 Å². The summed E-state index contributed by atoms with van der Waals surface area (Å²) in [5, 5.41) is 0.452. The predicted molar refractivity (Wildman–Crippen MR) is 105 cm³/mol. The van der Waals surface area contributed by atoms with Crippen LogP contribution in [0.4, 0.5) is 5.69 Å². The highest BCUT2D eigenvalue weighted by Gasteiger charge is 2.49. The van der Waals surface area contributed by atoms with Crippen LogP contribution in [0.1, 0.15) is 75.3 Å². The molecule has 3 nitrogen and oxygen atoms in total. The second kappa shape index (κ2) is 5.00. The lowest BCUT2D eigenvalue weighted by Crippen LogP contribution is -2.43. The molecule has 1 fully saturated rings. The standard InChI is InChI=1S/C22H28N2O/c1-13-8-10-16-17-11-9-14(2)23-20(17)25-19(16)18(13)24-15(3)21(4,5)12-22(24,6)7/h8-11,15H,12H2,1-7H3/t15-/m0/s1/i2D3,4D3,5D3,6D3,7D3,12D2. The summed E-state index contributed by atoms with van der Waals surface area (Å²) in [4.78, 5) is 4.60. The first-order valence-electron chi connectivity index (χ1n) is 16.2. The fraction of sp³-hybridized carbons (Fsp3) is 0.500. The lowest BCUT2D eigenvalue weighted by molar-refractivity contribution is 0.329. The van der Waals surface area contributed by atoms with Crippen molar-refractivity contribution < 1.29 is 27.7 Å². The van der Waals surface area contributed by atoms with Crippen molar-refractivity contribution in [3.05, 3.63) is 35.5 Å². The third kappa shape index (κ3) is 2.28. The van der Waals surface area contributed by atoms with Gasteiger partial charge in [-0.2, -0.15) is 0 Å². The van der Waals surface area contributed by atoms with Crippen LogP contribution in [0.3, 0.4) is 0 Å². The Hall–Kier alpha value is -2.03. The Kier molecular flexibility index (Phi) is 1.20. The highest BCUT2D eigenvalue weighted by molar-refractivity contribution is 6.08. The van der Waals surface area contributed by atoms with Gasteiger partial charge in [-0.15, -0.1) is 0 Å². The SMILES string of the molecule is [2H]C([2H])([2H])c1ccc2c(n1)oc1c(N3[C@@H](C)C(C([2H])([2H])[2H])(C([2H])([2H])[2H])C([2H])([2H])C3(C([2H])([2H])[2H])C([2H])([2H])[2H])c(C)ccc12. The van der Waals surface area contributed by atoms with Gasteiger partial charge in [0.2, 0.25) is 5.71 Å². The maximum Gasteiger partial charge on any atom is 0.227 e. The number of hydrogen-bond donors (Lipinski definition) is 0. The summed E-state index contributed by atoms with van der Waals surface area (Å²) in [6, 6.07) is 3.47. The molecule has 1 aliphatic heterocycles. The van der Waals surface area contributed by atoms with E-state index in [9.17, 15) is 0 Å². The van der Waals surface area contributed by atoms with Crippen LogP contribution in [0.15, 0.2) is 28.7 Å². The van der Waals surface area contributed by atoms with E-state index in [1.165, 1.54) is 31.2 Å². The third-order valence-electron chi connectivity index (χ3n) is 4.68. The molecule has 0 amide bonds. The zero-order chi connectivity index (χ0) is 32.4. The molecule has 0 spiro atoms. The van der Waals surface area contributed by atoms with Gasteiger partial charge in [0.25, 0.3) is 0 Å². The maximum atomic E-state index is 9.09. The Morgan fingerprint density at radius 1 is 1.20 bits per heavy atom. The van der Waals surface area contributed by atoms with E-state index < -0.39 is 57.6 Å². The Morgan fingerprint density at radius 2 is 2.00 bits per heavy atom. The molecular weight excluding hydrogens is 308 g/mol. The van der Waals surface area contributed by atoms with Crippen LogP contribution in [0.25, 0.3) is 22.1 Å². The van der Waals surface area contributed by atoms with Gasteiger partial charge in [-0.25, -0.2) is 4.98 Å². The second-order valence-corrected chi connectivity index (χ2v) is 6.45. The summed E-state index contributed by atoms with van der Waals surface area (Å²) in [5.74, 6) is 0. The van der Waals surface area contributed by atoms with Gasteiger partial charge in [0.1, 0.15) is 0 Å². The molecule has 3 heterocycles. The lowest BCUT2D eigenvalue weighted by Gasteiger charge is -2.38. The molecule has 132 valence electrons. The van der Waals surface area contributed by atoms with Crippen molar-refractivity contribution in [2.45, 2.75) is 66.1 Å². The maximum absolute atomic E-state index is 9.09. The molecule has 0 unspecified atom stereocenters. The number of aryl methyl sites for hydroxylation is 2. The number of anilines is 1. The van der Waals surface area contributed by atoms with Crippen LogP contribution in [0.2, 0.25) is 0 Å². The molecule has 1 atom stereocenters. The van der Waals surface area contributed by atoms with E-state index >= 15 is 0 Å². The number of nitrogens with zero attached hydrogens (tertiary/aromatic N) is 2. The minimum absolute atomic E-state index is 0.116. The average Bonchev–Trinajstić information content (AvgIpc) is 3.19. The average molecular weight is 354 g/mol. The fourth-order valence-electron chi connectivity index (χ4n) is 3.40. The quantitative estimate of drug-likeness (QED) is 0.537. The Morgan fingerprint density at radius 3 is 2.72 bits per heavy atom. The monoisotopic (exact) mass is 353 g/mol. The van der Waals surface area contributed by atoms with E-state index in [-0.39, 0.29) is 39.0 Å². The van der Waals surface area contributed by atoms with Crippen LogP contribution < -0.4 is 4.90 Å². The Labute approximate surface area is 173 Å². The topological polar surface area (TPSA) is 29.3 Å². The van der Waals surface area contributed by atoms with Crippen molar-refractivity contribution in [1.29, 1.82) is 0 Å². The van der Waals surface area contributed by atoms with E-state index in [2.05, 4.69) is 4.98 Å². The van der Waals surface area contributed by atoms with Gasteiger partial charge in [-0.1, -0.05) is 25.8 Å². The lowest BCUT2D eigenvalue weighted by atomic mass is 9.82. The van der Waals surface area contributed by atoms with E-state index in [0.29, 0.717) is 4.90 Å². The summed E-state index contributed by atoms with van der Waals surface area (Å²) in [6.07, 6.45) is -3.93. The number of benzene rings is 1. The summed E-state index contributed by atoms with van der Waals surface area (Å²) in [7, 11) is 0. The zero-order valence-electron chi connectivity index (χ0n) is 30.7. The van der Waals surface area contributed by atoms with E-state index in [1.807, 2.05) is 0 Å². The molecule has 1 aromatic carbocycles. The minimum Gasteiger partial charge on any atom is -0.436 e. The molecule has 25 heavy (non-hydrogen) atoms. The molecular formula is C22H28N2O. The molecule has 3 aromatic rings. The van der Waals surface area contributed by atoms with Gasteiger partial charge >= 0.3 is 0 Å². The van der Waals surface area contributed by atoms with Gasteiger partial charge in [-0.05, 0) is 63.9 Å². The van der Waals surface area contributed by atoms with Gasteiger partial charge in [0.15, 0.2) is 5.58 Å². The summed E-state index contributed by atoms with van der Waals surface area (Å²) in [5.41, 5.74) is -8.28. The molecule has 0 aliphatic carbocycles. The Balaban J connectivity index is 2.29. The highest BCUT2D eigenvalue weighted by atomic mass is 16.3. The van der Waals surface area contributed by atoms with Gasteiger partial charge in [-0.3, -0.25) is 0 Å². The summed E-state index contributed by atoms with van der Waals surface area (Å²) < 4.78 is 148. The minimum atomic E-state index is -3.93. The van der Waals surface area contributed by atoms with E-state index in [1.54, 1.807) is 0 Å². The van der Waals surface area contributed by atoms with Crippen LogP contribution in [0.5, 0.6) is 0 Å². The van der Waals surface area contributed by atoms with Crippen molar-refractivity contribution in [2.75, 3.05) is 4.90 Å².